The van der Waals surface area contributed by atoms with Gasteiger partial charge in [0.25, 0.3) is 0 Å². The molecule has 1 saturated heterocycles. The molecule has 0 radical (unpaired) electrons. The van der Waals surface area contributed by atoms with Crippen molar-refractivity contribution < 1.29 is 5.11 Å². The van der Waals surface area contributed by atoms with E-state index in [9.17, 15) is 5.11 Å². The van der Waals surface area contributed by atoms with Gasteiger partial charge in [-0.25, -0.2) is 0 Å². The first-order valence-corrected chi connectivity index (χ1v) is 4.73. The van der Waals surface area contributed by atoms with E-state index in [1.165, 1.54) is 0 Å². The van der Waals surface area contributed by atoms with E-state index < -0.39 is 0 Å². The van der Waals surface area contributed by atoms with Crippen LogP contribution in [0.4, 0.5) is 0 Å². The number of likely N-dealkylation sites (N-methyl/N-ethyl adjacent to an activating group) is 1. The fourth-order valence-corrected chi connectivity index (χ4v) is 1.58. The molecule has 0 spiro atoms. The fraction of sp³-hybridized carbons (Fsp3) is 1.00. The Morgan fingerprint density at radius 3 is 2.83 bits per heavy atom. The van der Waals surface area contributed by atoms with Crippen molar-refractivity contribution in [3.05, 3.63) is 0 Å². The number of likely N-dealkylation sites (tertiary alicyclic amines) is 1. The molecule has 3 nitrogen and oxygen atoms in total. The Kier molecular flexibility index (Phi) is 3.98. The zero-order valence-electron chi connectivity index (χ0n) is 8.16. The first-order chi connectivity index (χ1) is 5.68. The molecule has 1 heterocycles. The molecule has 72 valence electrons. The van der Waals surface area contributed by atoms with Crippen LogP contribution in [-0.4, -0.2) is 61.3 Å². The van der Waals surface area contributed by atoms with Gasteiger partial charge in [0.05, 0.1) is 6.10 Å². The van der Waals surface area contributed by atoms with Crippen LogP contribution in [-0.2, 0) is 0 Å². The number of β-amino-alcohol motifs (C(OH)–C–C–N with tert-alkyl or cyclic N) is 1. The standard InChI is InChI=1S/C9H20N2O/c1-10(2)6-7-11-5-3-4-9(12)8-11/h9,12H,3-8H2,1-2H3. The lowest BCUT2D eigenvalue weighted by molar-refractivity contribution is 0.0674. The van der Waals surface area contributed by atoms with Crippen molar-refractivity contribution in [1.29, 1.82) is 0 Å². The van der Waals surface area contributed by atoms with Gasteiger partial charge in [0.2, 0.25) is 0 Å². The predicted octanol–water partition coefficient (Wildman–Crippen LogP) is 0.00470. The summed E-state index contributed by atoms with van der Waals surface area (Å²) in [5, 5.41) is 9.39. The molecule has 0 amide bonds. The summed E-state index contributed by atoms with van der Waals surface area (Å²) in [5.74, 6) is 0. The molecule has 1 fully saturated rings. The van der Waals surface area contributed by atoms with Crippen LogP contribution in [0.5, 0.6) is 0 Å². The summed E-state index contributed by atoms with van der Waals surface area (Å²) in [6.07, 6.45) is 2.05. The number of hydrogen-bond donors (Lipinski definition) is 1. The molecule has 1 unspecified atom stereocenters. The van der Waals surface area contributed by atoms with E-state index in [4.69, 9.17) is 0 Å². The van der Waals surface area contributed by atoms with Crippen LogP contribution in [0.3, 0.4) is 0 Å². The fourth-order valence-electron chi connectivity index (χ4n) is 1.58. The summed E-state index contributed by atoms with van der Waals surface area (Å²) >= 11 is 0. The van der Waals surface area contributed by atoms with E-state index in [2.05, 4.69) is 23.9 Å². The highest BCUT2D eigenvalue weighted by Crippen LogP contribution is 2.08. The molecule has 0 aromatic rings. The van der Waals surface area contributed by atoms with E-state index in [-0.39, 0.29) is 6.10 Å². The van der Waals surface area contributed by atoms with Gasteiger partial charge in [-0.2, -0.15) is 0 Å². The van der Waals surface area contributed by atoms with Crippen molar-refractivity contribution in [2.75, 3.05) is 40.3 Å². The average Bonchev–Trinajstić information content (AvgIpc) is 2.01. The first-order valence-electron chi connectivity index (χ1n) is 4.73. The van der Waals surface area contributed by atoms with Gasteiger partial charge in [0, 0.05) is 19.6 Å². The number of piperidine rings is 1. The van der Waals surface area contributed by atoms with E-state index in [0.717, 1.165) is 39.0 Å². The zero-order chi connectivity index (χ0) is 8.97. The van der Waals surface area contributed by atoms with Gasteiger partial charge in [0.1, 0.15) is 0 Å². The van der Waals surface area contributed by atoms with Gasteiger partial charge >= 0.3 is 0 Å². The Labute approximate surface area is 75.0 Å². The Morgan fingerprint density at radius 1 is 1.50 bits per heavy atom. The van der Waals surface area contributed by atoms with E-state index >= 15 is 0 Å². The third-order valence-corrected chi connectivity index (χ3v) is 2.34. The number of nitrogens with zero attached hydrogens (tertiary/aromatic N) is 2. The lowest BCUT2D eigenvalue weighted by atomic mass is 10.1. The van der Waals surface area contributed by atoms with Crippen LogP contribution in [0.1, 0.15) is 12.8 Å². The summed E-state index contributed by atoms with van der Waals surface area (Å²) in [6.45, 7) is 4.20. The highest BCUT2D eigenvalue weighted by atomic mass is 16.3. The molecule has 1 N–H and O–H groups in total. The van der Waals surface area contributed by atoms with E-state index in [1.807, 2.05) is 0 Å². The minimum Gasteiger partial charge on any atom is -0.392 e. The van der Waals surface area contributed by atoms with Crippen LogP contribution >= 0.6 is 0 Å². The summed E-state index contributed by atoms with van der Waals surface area (Å²) in [5.41, 5.74) is 0. The minimum atomic E-state index is -0.0825. The van der Waals surface area contributed by atoms with Crippen molar-refractivity contribution in [2.24, 2.45) is 0 Å². The maximum Gasteiger partial charge on any atom is 0.0667 e. The normalized spacial score (nSPS) is 26.5. The summed E-state index contributed by atoms with van der Waals surface area (Å²) in [6, 6.07) is 0. The molecule has 3 heteroatoms. The quantitative estimate of drug-likeness (QED) is 0.649. The van der Waals surface area contributed by atoms with Gasteiger partial charge < -0.3 is 10.0 Å². The average molecular weight is 172 g/mol. The van der Waals surface area contributed by atoms with Crippen LogP contribution < -0.4 is 0 Å². The van der Waals surface area contributed by atoms with Crippen LogP contribution in [0, 0.1) is 0 Å². The smallest absolute Gasteiger partial charge is 0.0667 e. The van der Waals surface area contributed by atoms with Crippen molar-refractivity contribution in [3.8, 4) is 0 Å². The molecule has 0 bridgehead atoms. The third-order valence-electron chi connectivity index (χ3n) is 2.34. The van der Waals surface area contributed by atoms with Crippen molar-refractivity contribution in [2.45, 2.75) is 18.9 Å². The number of aliphatic hydroxyl groups excluding tert-OH is 1. The Balaban J connectivity index is 2.14. The monoisotopic (exact) mass is 172 g/mol. The topological polar surface area (TPSA) is 26.7 Å². The SMILES string of the molecule is CN(C)CCN1CCCC(O)C1. The zero-order valence-corrected chi connectivity index (χ0v) is 8.16. The molecule has 0 aromatic carbocycles. The highest BCUT2D eigenvalue weighted by molar-refractivity contribution is 4.71. The number of aliphatic hydroxyl groups is 1. The van der Waals surface area contributed by atoms with Gasteiger partial charge in [-0.1, -0.05) is 0 Å². The summed E-state index contributed by atoms with van der Waals surface area (Å²) in [7, 11) is 4.17. The van der Waals surface area contributed by atoms with Crippen molar-refractivity contribution >= 4 is 0 Å². The van der Waals surface area contributed by atoms with Gasteiger partial charge in [0.15, 0.2) is 0 Å². The lowest BCUT2D eigenvalue weighted by Gasteiger charge is -2.30. The first kappa shape index (κ1) is 9.96. The molecule has 1 aliphatic heterocycles. The Morgan fingerprint density at radius 2 is 2.25 bits per heavy atom. The molecule has 1 atom stereocenters. The van der Waals surface area contributed by atoms with E-state index in [1.54, 1.807) is 0 Å². The number of rotatable bonds is 3. The summed E-state index contributed by atoms with van der Waals surface area (Å²) in [4.78, 5) is 4.52. The second-order valence-corrected chi connectivity index (χ2v) is 3.90. The minimum absolute atomic E-state index is 0.0825. The molecule has 1 aliphatic rings. The van der Waals surface area contributed by atoms with Crippen molar-refractivity contribution in [3.63, 3.8) is 0 Å². The van der Waals surface area contributed by atoms with Gasteiger partial charge in [-0.15, -0.1) is 0 Å². The van der Waals surface area contributed by atoms with Crippen LogP contribution in [0.2, 0.25) is 0 Å². The van der Waals surface area contributed by atoms with Crippen LogP contribution in [0.25, 0.3) is 0 Å². The second kappa shape index (κ2) is 4.80. The largest absolute Gasteiger partial charge is 0.392 e. The molecular weight excluding hydrogens is 152 g/mol. The third kappa shape index (κ3) is 3.52. The maximum atomic E-state index is 9.39. The molecule has 0 aromatic heterocycles. The summed E-state index contributed by atoms with van der Waals surface area (Å²) < 4.78 is 0. The van der Waals surface area contributed by atoms with E-state index in [0.29, 0.717) is 0 Å². The molecule has 0 aliphatic carbocycles. The second-order valence-electron chi connectivity index (χ2n) is 3.90. The van der Waals surface area contributed by atoms with Gasteiger partial charge in [-0.3, -0.25) is 4.90 Å². The molecule has 1 rings (SSSR count). The number of hydrogen-bond acceptors (Lipinski definition) is 3. The molecule has 0 saturated carbocycles. The maximum absolute atomic E-state index is 9.39. The lowest BCUT2D eigenvalue weighted by Crippen LogP contribution is -2.41. The van der Waals surface area contributed by atoms with Crippen molar-refractivity contribution in [1.82, 2.24) is 9.80 Å². The molecule has 12 heavy (non-hydrogen) atoms. The predicted molar refractivity (Wildman–Crippen MR) is 50.2 cm³/mol. The Hall–Kier alpha value is -0.120. The highest BCUT2D eigenvalue weighted by Gasteiger charge is 2.16. The molecular formula is C9H20N2O. The van der Waals surface area contributed by atoms with Crippen LogP contribution in [0.15, 0.2) is 0 Å². The Bertz CT molecular complexity index is 128. The van der Waals surface area contributed by atoms with Gasteiger partial charge in [-0.05, 0) is 33.5 Å².